The molecule has 0 heterocycles. The fraction of sp³-hybridized carbons (Fsp3) is 0.588. The van der Waals surface area contributed by atoms with Crippen LogP contribution in [0.1, 0.15) is 64.1 Å². The molecule has 0 saturated carbocycles. The largest absolute Gasteiger partial charge is 0.481 e. The van der Waals surface area contributed by atoms with Crippen LogP contribution in [0.25, 0.3) is 0 Å². The predicted octanol–water partition coefficient (Wildman–Crippen LogP) is 3.87. The lowest BCUT2D eigenvalue weighted by Crippen LogP contribution is -2.18. The highest BCUT2D eigenvalue weighted by molar-refractivity contribution is 5.66. The number of carboxylic acids is 1. The van der Waals surface area contributed by atoms with Gasteiger partial charge in [0.25, 0.3) is 0 Å². The van der Waals surface area contributed by atoms with Gasteiger partial charge in [0.2, 0.25) is 0 Å². The zero-order valence-electron chi connectivity index (χ0n) is 13.0. The van der Waals surface area contributed by atoms with Crippen molar-refractivity contribution in [2.75, 3.05) is 0 Å². The fourth-order valence-electron chi connectivity index (χ4n) is 2.34. The van der Waals surface area contributed by atoms with Crippen LogP contribution in [-0.2, 0) is 10.2 Å². The predicted molar refractivity (Wildman–Crippen MR) is 82.7 cm³/mol. The van der Waals surface area contributed by atoms with Gasteiger partial charge >= 0.3 is 5.97 Å². The number of rotatable bonds is 7. The average molecular weight is 277 g/mol. The van der Waals surface area contributed by atoms with Gasteiger partial charge in [0, 0.05) is 12.5 Å². The zero-order chi connectivity index (χ0) is 15.3. The van der Waals surface area contributed by atoms with Crippen molar-refractivity contribution in [1.29, 1.82) is 0 Å². The SMILES string of the molecule is CCC(C)(C)c1ccc(C(N)CC(C)CC(=O)O)cc1. The van der Waals surface area contributed by atoms with Crippen molar-refractivity contribution in [1.82, 2.24) is 0 Å². The van der Waals surface area contributed by atoms with Crippen LogP contribution in [0.2, 0.25) is 0 Å². The Hall–Kier alpha value is -1.35. The van der Waals surface area contributed by atoms with E-state index in [0.29, 0.717) is 6.42 Å². The molecule has 0 aliphatic heterocycles. The first kappa shape index (κ1) is 16.7. The van der Waals surface area contributed by atoms with Gasteiger partial charge in [-0.2, -0.15) is 0 Å². The topological polar surface area (TPSA) is 63.3 Å². The molecule has 112 valence electrons. The molecule has 0 spiro atoms. The average Bonchev–Trinajstić information content (AvgIpc) is 2.37. The molecule has 0 saturated heterocycles. The van der Waals surface area contributed by atoms with Crippen LogP contribution in [0.4, 0.5) is 0 Å². The summed E-state index contributed by atoms with van der Waals surface area (Å²) in [5.74, 6) is -0.668. The van der Waals surface area contributed by atoms with E-state index in [9.17, 15) is 4.79 Å². The molecule has 1 rings (SSSR count). The van der Waals surface area contributed by atoms with E-state index in [0.717, 1.165) is 12.0 Å². The van der Waals surface area contributed by atoms with Crippen LogP contribution in [0, 0.1) is 5.92 Å². The lowest BCUT2D eigenvalue weighted by molar-refractivity contribution is -0.138. The van der Waals surface area contributed by atoms with Gasteiger partial charge in [-0.3, -0.25) is 4.79 Å². The van der Waals surface area contributed by atoms with E-state index >= 15 is 0 Å². The van der Waals surface area contributed by atoms with E-state index < -0.39 is 5.97 Å². The summed E-state index contributed by atoms with van der Waals surface area (Å²) in [6, 6.07) is 8.33. The number of hydrogen-bond donors (Lipinski definition) is 2. The number of hydrogen-bond acceptors (Lipinski definition) is 2. The summed E-state index contributed by atoms with van der Waals surface area (Å²) >= 11 is 0. The maximum atomic E-state index is 10.7. The van der Waals surface area contributed by atoms with Gasteiger partial charge in [-0.15, -0.1) is 0 Å². The summed E-state index contributed by atoms with van der Waals surface area (Å²) in [7, 11) is 0. The van der Waals surface area contributed by atoms with E-state index in [-0.39, 0.29) is 23.8 Å². The third-order valence-corrected chi connectivity index (χ3v) is 4.18. The number of carboxylic acid groups (broad SMARTS) is 1. The number of nitrogens with two attached hydrogens (primary N) is 1. The minimum absolute atomic E-state index is 0.0919. The molecular weight excluding hydrogens is 250 g/mol. The molecule has 2 atom stereocenters. The van der Waals surface area contributed by atoms with Crippen molar-refractivity contribution in [3.05, 3.63) is 35.4 Å². The van der Waals surface area contributed by atoms with E-state index in [4.69, 9.17) is 10.8 Å². The zero-order valence-corrected chi connectivity index (χ0v) is 13.0. The highest BCUT2D eigenvalue weighted by Crippen LogP contribution is 2.28. The van der Waals surface area contributed by atoms with Crippen molar-refractivity contribution in [3.8, 4) is 0 Å². The Morgan fingerprint density at radius 3 is 2.30 bits per heavy atom. The van der Waals surface area contributed by atoms with Gasteiger partial charge < -0.3 is 10.8 Å². The highest BCUT2D eigenvalue weighted by Gasteiger charge is 2.19. The Labute approximate surface area is 122 Å². The van der Waals surface area contributed by atoms with Gasteiger partial charge in [-0.25, -0.2) is 0 Å². The van der Waals surface area contributed by atoms with Crippen LogP contribution in [0.3, 0.4) is 0 Å². The minimum atomic E-state index is -0.759. The molecule has 0 aliphatic rings. The maximum Gasteiger partial charge on any atom is 0.303 e. The van der Waals surface area contributed by atoms with Crippen LogP contribution in [0.5, 0.6) is 0 Å². The van der Waals surface area contributed by atoms with Crippen LogP contribution in [0.15, 0.2) is 24.3 Å². The Morgan fingerprint density at radius 1 is 1.30 bits per heavy atom. The molecule has 20 heavy (non-hydrogen) atoms. The molecule has 3 nitrogen and oxygen atoms in total. The second-order valence-corrected chi connectivity index (χ2v) is 6.40. The van der Waals surface area contributed by atoms with E-state index in [2.05, 4.69) is 45.0 Å². The summed E-state index contributed by atoms with van der Waals surface area (Å²) in [6.45, 7) is 8.59. The quantitative estimate of drug-likeness (QED) is 0.795. The Morgan fingerprint density at radius 2 is 1.85 bits per heavy atom. The Kier molecular flexibility index (Phi) is 5.75. The lowest BCUT2D eigenvalue weighted by atomic mass is 9.81. The van der Waals surface area contributed by atoms with E-state index in [1.165, 1.54) is 5.56 Å². The minimum Gasteiger partial charge on any atom is -0.481 e. The van der Waals surface area contributed by atoms with Gasteiger partial charge in [0.1, 0.15) is 0 Å². The molecular formula is C17H27NO2. The van der Waals surface area contributed by atoms with Crippen molar-refractivity contribution < 1.29 is 9.90 Å². The molecule has 0 bridgehead atoms. The van der Waals surface area contributed by atoms with Gasteiger partial charge in [-0.1, -0.05) is 52.0 Å². The highest BCUT2D eigenvalue weighted by atomic mass is 16.4. The van der Waals surface area contributed by atoms with E-state index in [1.807, 2.05) is 6.92 Å². The summed E-state index contributed by atoms with van der Waals surface area (Å²) in [4.78, 5) is 10.7. The lowest BCUT2D eigenvalue weighted by Gasteiger charge is -2.24. The third kappa shape index (κ3) is 4.64. The first-order valence-electron chi connectivity index (χ1n) is 7.34. The van der Waals surface area contributed by atoms with Crippen molar-refractivity contribution in [2.24, 2.45) is 11.7 Å². The summed E-state index contributed by atoms with van der Waals surface area (Å²) < 4.78 is 0. The molecule has 0 aliphatic carbocycles. The molecule has 0 radical (unpaired) electrons. The van der Waals surface area contributed by atoms with Crippen molar-refractivity contribution in [3.63, 3.8) is 0 Å². The second-order valence-electron chi connectivity index (χ2n) is 6.40. The van der Waals surface area contributed by atoms with Crippen molar-refractivity contribution >= 4 is 5.97 Å². The fourth-order valence-corrected chi connectivity index (χ4v) is 2.34. The number of aliphatic carboxylic acids is 1. The summed E-state index contributed by atoms with van der Waals surface area (Å²) in [5, 5.41) is 8.78. The third-order valence-electron chi connectivity index (χ3n) is 4.18. The standard InChI is InChI=1S/C17H27NO2/c1-5-17(3,4)14-8-6-13(7-9-14)15(18)10-12(2)11-16(19)20/h6-9,12,15H,5,10-11,18H2,1-4H3,(H,19,20). The van der Waals surface area contributed by atoms with E-state index in [1.54, 1.807) is 0 Å². The molecule has 1 aromatic rings. The Bertz CT molecular complexity index is 437. The Balaban J connectivity index is 2.71. The molecule has 0 fully saturated rings. The smallest absolute Gasteiger partial charge is 0.303 e. The molecule has 2 unspecified atom stereocenters. The molecule has 0 aromatic heterocycles. The maximum absolute atomic E-state index is 10.7. The normalized spacial score (nSPS) is 14.8. The number of benzene rings is 1. The number of carbonyl (C=O) groups is 1. The van der Waals surface area contributed by atoms with Gasteiger partial charge in [0.15, 0.2) is 0 Å². The molecule has 0 amide bonds. The molecule has 3 N–H and O–H groups in total. The van der Waals surface area contributed by atoms with Crippen LogP contribution < -0.4 is 5.73 Å². The second kappa shape index (κ2) is 6.89. The van der Waals surface area contributed by atoms with Crippen molar-refractivity contribution in [2.45, 2.75) is 58.4 Å². The van der Waals surface area contributed by atoms with Gasteiger partial charge in [0.05, 0.1) is 0 Å². The summed E-state index contributed by atoms with van der Waals surface area (Å²) in [6.07, 6.45) is 1.96. The molecule has 3 heteroatoms. The first-order valence-corrected chi connectivity index (χ1v) is 7.34. The first-order chi connectivity index (χ1) is 9.26. The monoisotopic (exact) mass is 277 g/mol. The molecule has 1 aromatic carbocycles. The van der Waals surface area contributed by atoms with Gasteiger partial charge in [-0.05, 0) is 35.3 Å². The van der Waals surface area contributed by atoms with Crippen LogP contribution >= 0.6 is 0 Å². The summed E-state index contributed by atoms with van der Waals surface area (Å²) in [5.41, 5.74) is 8.75. The van der Waals surface area contributed by atoms with Crippen LogP contribution in [-0.4, -0.2) is 11.1 Å².